The Bertz CT molecular complexity index is 1250. The molecule has 0 atom stereocenters. The Morgan fingerprint density at radius 1 is 1.24 bits per heavy atom. The zero-order valence-electron chi connectivity index (χ0n) is 19.2. The summed E-state index contributed by atoms with van der Waals surface area (Å²) in [5, 5.41) is 30.5. The molecule has 7 heteroatoms. The van der Waals surface area contributed by atoms with E-state index >= 15 is 0 Å². The van der Waals surface area contributed by atoms with Crippen LogP contribution in [0.5, 0.6) is 5.75 Å². The third-order valence-electron chi connectivity index (χ3n) is 5.68. The lowest BCUT2D eigenvalue weighted by atomic mass is 9.95. The number of aryl methyl sites for hydroxylation is 1. The highest BCUT2D eigenvalue weighted by Gasteiger charge is 2.19. The molecule has 0 saturated carbocycles. The van der Waals surface area contributed by atoms with Crippen LogP contribution in [0.15, 0.2) is 60.6 Å². The van der Waals surface area contributed by atoms with Crippen molar-refractivity contribution >= 4 is 22.6 Å². The number of benzene rings is 1. The van der Waals surface area contributed by atoms with E-state index in [0.717, 1.165) is 46.8 Å². The van der Waals surface area contributed by atoms with Crippen molar-refractivity contribution in [1.82, 2.24) is 9.61 Å². The quantitative estimate of drug-likeness (QED) is 0.437. The van der Waals surface area contributed by atoms with Crippen LogP contribution in [0.25, 0.3) is 5.52 Å². The van der Waals surface area contributed by atoms with Gasteiger partial charge in [0.05, 0.1) is 34.8 Å². The van der Waals surface area contributed by atoms with Crippen LogP contribution in [0.4, 0.5) is 17.1 Å². The lowest BCUT2D eigenvalue weighted by molar-refractivity contribution is 0.171. The molecule has 1 aromatic carbocycles. The van der Waals surface area contributed by atoms with Gasteiger partial charge in [0, 0.05) is 29.8 Å². The summed E-state index contributed by atoms with van der Waals surface area (Å²) in [6, 6.07) is 9.92. The minimum Gasteiger partial charge on any atom is -0.458 e. The third kappa shape index (κ3) is 5.02. The molecule has 3 aromatic rings. The second-order valence-electron chi connectivity index (χ2n) is 9.02. The molecule has 0 bridgehead atoms. The molecule has 0 amide bonds. The molecule has 0 saturated heterocycles. The van der Waals surface area contributed by atoms with Crippen LogP contribution in [-0.4, -0.2) is 27.9 Å². The van der Waals surface area contributed by atoms with E-state index in [1.54, 1.807) is 10.7 Å². The van der Waals surface area contributed by atoms with Crippen molar-refractivity contribution in [1.29, 1.82) is 5.26 Å². The second kappa shape index (κ2) is 9.39. The number of rotatable bonds is 8. The maximum atomic E-state index is 9.71. The number of nitriles is 1. The molecule has 0 aliphatic heterocycles. The Balaban J connectivity index is 1.60. The maximum Gasteiger partial charge on any atom is 0.127 e. The van der Waals surface area contributed by atoms with E-state index in [-0.39, 0.29) is 12.0 Å². The topological polar surface area (TPSA) is 94.6 Å². The van der Waals surface area contributed by atoms with Crippen molar-refractivity contribution in [3.8, 4) is 11.8 Å². The molecule has 1 aliphatic carbocycles. The molecule has 2 heterocycles. The van der Waals surface area contributed by atoms with Crippen molar-refractivity contribution in [2.45, 2.75) is 33.6 Å². The average Bonchev–Trinajstić information content (AvgIpc) is 3.16. The van der Waals surface area contributed by atoms with E-state index in [0.29, 0.717) is 17.8 Å². The van der Waals surface area contributed by atoms with E-state index in [9.17, 15) is 10.4 Å². The molecule has 170 valence electrons. The fraction of sp³-hybridized carbons (Fsp3) is 0.308. The normalized spacial score (nSPS) is 13.5. The Labute approximate surface area is 194 Å². The lowest BCUT2D eigenvalue weighted by Crippen LogP contribution is -2.26. The van der Waals surface area contributed by atoms with Gasteiger partial charge in [0.15, 0.2) is 0 Å². The van der Waals surface area contributed by atoms with Crippen LogP contribution >= 0.6 is 0 Å². The van der Waals surface area contributed by atoms with Gasteiger partial charge in [-0.05, 0) is 56.2 Å². The standard InChI is InChI=1S/C26H29N5O2/c1-18-23(28-16-26(2,3)17-32)15-31-25(18)24(19(13-27)14-29-31)30-20-9-11-22(12-10-20)33-21-7-5-4-6-8-21/h5,7-12,14-15,28,30,32H,4,6,16-17H2,1-3H3. The molecule has 3 N–H and O–H groups in total. The maximum absolute atomic E-state index is 9.71. The SMILES string of the molecule is Cc1c(NCC(C)(C)CO)cn2ncc(C#N)c(Nc3ccc(OC4=CCCC=C4)cc3)c12. The predicted octanol–water partition coefficient (Wildman–Crippen LogP) is 5.30. The van der Waals surface area contributed by atoms with Crippen LogP contribution in [0.2, 0.25) is 0 Å². The molecule has 4 rings (SSSR count). The first kappa shape index (κ1) is 22.4. The van der Waals surface area contributed by atoms with Crippen molar-refractivity contribution in [3.63, 3.8) is 0 Å². The van der Waals surface area contributed by atoms with Crippen molar-refractivity contribution in [3.05, 3.63) is 71.8 Å². The second-order valence-corrected chi connectivity index (χ2v) is 9.02. The van der Waals surface area contributed by atoms with Crippen molar-refractivity contribution < 1.29 is 9.84 Å². The van der Waals surface area contributed by atoms with E-state index in [1.165, 1.54) is 0 Å². The summed E-state index contributed by atoms with van der Waals surface area (Å²) in [5.41, 5.74) is 4.48. The fourth-order valence-electron chi connectivity index (χ4n) is 3.62. The molecule has 7 nitrogen and oxygen atoms in total. The number of hydrogen-bond donors (Lipinski definition) is 3. The molecular formula is C26H29N5O2. The zero-order chi connectivity index (χ0) is 23.4. The Kier molecular flexibility index (Phi) is 6.38. The summed E-state index contributed by atoms with van der Waals surface area (Å²) in [7, 11) is 0. The fourth-order valence-corrected chi connectivity index (χ4v) is 3.62. The summed E-state index contributed by atoms with van der Waals surface area (Å²) in [6.45, 7) is 6.70. The minimum absolute atomic E-state index is 0.0866. The molecule has 0 radical (unpaired) electrons. The number of aliphatic hydroxyl groups excluding tert-OH is 1. The van der Waals surface area contributed by atoms with Gasteiger partial charge in [0.1, 0.15) is 17.6 Å². The summed E-state index contributed by atoms with van der Waals surface area (Å²) in [4.78, 5) is 0. The first-order valence-electron chi connectivity index (χ1n) is 11.1. The molecule has 33 heavy (non-hydrogen) atoms. The Morgan fingerprint density at radius 2 is 2.03 bits per heavy atom. The molecule has 1 aliphatic rings. The lowest BCUT2D eigenvalue weighted by Gasteiger charge is -2.22. The van der Waals surface area contributed by atoms with Crippen LogP contribution < -0.4 is 15.4 Å². The number of aliphatic hydroxyl groups is 1. The van der Waals surface area contributed by atoms with Crippen molar-refractivity contribution in [2.24, 2.45) is 5.41 Å². The van der Waals surface area contributed by atoms with Gasteiger partial charge >= 0.3 is 0 Å². The number of anilines is 3. The van der Waals surface area contributed by atoms with Gasteiger partial charge in [-0.25, -0.2) is 4.52 Å². The number of aromatic nitrogens is 2. The van der Waals surface area contributed by atoms with Crippen LogP contribution in [0.3, 0.4) is 0 Å². The van der Waals surface area contributed by atoms with Gasteiger partial charge in [-0.1, -0.05) is 19.9 Å². The van der Waals surface area contributed by atoms with Gasteiger partial charge in [-0.15, -0.1) is 0 Å². The highest BCUT2D eigenvalue weighted by Crippen LogP contribution is 2.33. The minimum atomic E-state index is -0.250. The first-order chi connectivity index (χ1) is 15.9. The molecule has 0 spiro atoms. The van der Waals surface area contributed by atoms with Gasteiger partial charge < -0.3 is 20.5 Å². The number of allylic oxidation sites excluding steroid dienone is 3. The van der Waals surface area contributed by atoms with Gasteiger partial charge in [0.25, 0.3) is 0 Å². The number of fused-ring (bicyclic) bond motifs is 1. The largest absolute Gasteiger partial charge is 0.458 e. The Hall–Kier alpha value is -3.76. The van der Waals surface area contributed by atoms with E-state index in [1.807, 2.05) is 57.3 Å². The van der Waals surface area contributed by atoms with Crippen LogP contribution in [-0.2, 0) is 0 Å². The van der Waals surface area contributed by atoms with E-state index in [2.05, 4.69) is 34.0 Å². The van der Waals surface area contributed by atoms with Crippen molar-refractivity contribution in [2.75, 3.05) is 23.8 Å². The van der Waals surface area contributed by atoms with Gasteiger partial charge in [-0.2, -0.15) is 10.4 Å². The predicted molar refractivity (Wildman–Crippen MR) is 131 cm³/mol. The highest BCUT2D eigenvalue weighted by atomic mass is 16.5. The summed E-state index contributed by atoms with van der Waals surface area (Å²) < 4.78 is 7.69. The first-order valence-corrected chi connectivity index (χ1v) is 11.1. The average molecular weight is 444 g/mol. The molecular weight excluding hydrogens is 414 g/mol. The Morgan fingerprint density at radius 3 is 2.70 bits per heavy atom. The smallest absolute Gasteiger partial charge is 0.127 e. The number of nitrogens with zero attached hydrogens (tertiary/aromatic N) is 3. The van der Waals surface area contributed by atoms with E-state index < -0.39 is 0 Å². The zero-order valence-corrected chi connectivity index (χ0v) is 19.2. The number of ether oxygens (including phenoxy) is 1. The monoisotopic (exact) mass is 443 g/mol. The molecule has 2 aromatic heterocycles. The summed E-state index contributed by atoms with van der Waals surface area (Å²) >= 11 is 0. The summed E-state index contributed by atoms with van der Waals surface area (Å²) in [6.07, 6.45) is 11.7. The number of hydrogen-bond acceptors (Lipinski definition) is 6. The van der Waals surface area contributed by atoms with Crippen LogP contribution in [0, 0.1) is 23.7 Å². The van der Waals surface area contributed by atoms with E-state index in [4.69, 9.17) is 4.74 Å². The van der Waals surface area contributed by atoms with Gasteiger partial charge in [0.2, 0.25) is 0 Å². The molecule has 0 unspecified atom stereocenters. The highest BCUT2D eigenvalue weighted by molar-refractivity contribution is 5.87. The third-order valence-corrected chi connectivity index (χ3v) is 5.68. The number of nitrogens with one attached hydrogen (secondary N) is 2. The van der Waals surface area contributed by atoms with Gasteiger partial charge in [-0.3, -0.25) is 0 Å². The summed E-state index contributed by atoms with van der Waals surface area (Å²) in [5.74, 6) is 1.62. The molecule has 0 fully saturated rings. The van der Waals surface area contributed by atoms with Crippen LogP contribution in [0.1, 0.15) is 37.8 Å².